The minimum atomic E-state index is -0.551. The summed E-state index contributed by atoms with van der Waals surface area (Å²) in [5.41, 5.74) is 4.40. The number of nitrogens with one attached hydrogen (secondary N) is 1. The second-order valence-corrected chi connectivity index (χ2v) is 8.29. The fraction of sp³-hybridized carbons (Fsp3) is 0.462. The summed E-state index contributed by atoms with van der Waals surface area (Å²) in [4.78, 5) is 27.8. The van der Waals surface area contributed by atoms with Gasteiger partial charge in [-0.3, -0.25) is 9.59 Å². The maximum absolute atomic E-state index is 13.2. The van der Waals surface area contributed by atoms with Crippen molar-refractivity contribution < 1.29 is 14.3 Å². The summed E-state index contributed by atoms with van der Waals surface area (Å²) in [7, 11) is 0. The zero-order valence-corrected chi connectivity index (χ0v) is 19.7. The lowest BCUT2D eigenvalue weighted by Crippen LogP contribution is -2.51. The molecule has 0 spiro atoms. The molecule has 0 saturated heterocycles. The normalized spacial score (nSPS) is 12.7. The van der Waals surface area contributed by atoms with Gasteiger partial charge in [0.15, 0.2) is 6.61 Å². The van der Waals surface area contributed by atoms with E-state index in [0.717, 1.165) is 23.1 Å². The molecule has 0 aliphatic rings. The second-order valence-electron chi connectivity index (χ2n) is 8.29. The van der Waals surface area contributed by atoms with Crippen molar-refractivity contribution in [3.63, 3.8) is 0 Å². The number of amides is 2. The van der Waals surface area contributed by atoms with Crippen LogP contribution in [0.5, 0.6) is 5.75 Å². The van der Waals surface area contributed by atoms with Crippen LogP contribution in [0.2, 0.25) is 0 Å². The number of benzene rings is 2. The van der Waals surface area contributed by atoms with Gasteiger partial charge in [-0.2, -0.15) is 0 Å². The van der Waals surface area contributed by atoms with E-state index in [0.29, 0.717) is 18.7 Å². The first kappa shape index (κ1) is 24.4. The maximum Gasteiger partial charge on any atom is 0.261 e. The van der Waals surface area contributed by atoms with Gasteiger partial charge in [0.05, 0.1) is 0 Å². The van der Waals surface area contributed by atoms with Crippen LogP contribution in [0.3, 0.4) is 0 Å². The molecule has 2 aromatic rings. The van der Waals surface area contributed by atoms with Gasteiger partial charge < -0.3 is 15.0 Å². The van der Waals surface area contributed by atoms with Crippen molar-refractivity contribution in [1.82, 2.24) is 10.2 Å². The second kappa shape index (κ2) is 11.5. The molecule has 2 amide bonds. The largest absolute Gasteiger partial charge is 0.484 e. The lowest BCUT2D eigenvalue weighted by molar-refractivity contribution is -0.143. The third-order valence-electron chi connectivity index (χ3n) is 5.66. The fourth-order valence-electron chi connectivity index (χ4n) is 3.40. The molecule has 0 aromatic heterocycles. The Kier molecular flexibility index (Phi) is 9.10. The molecular weight excluding hydrogens is 388 g/mol. The first-order chi connectivity index (χ1) is 14.7. The van der Waals surface area contributed by atoms with Gasteiger partial charge in [-0.05, 0) is 69.4 Å². The quantitative estimate of drug-likeness (QED) is 0.601. The van der Waals surface area contributed by atoms with Crippen LogP contribution in [0.15, 0.2) is 42.5 Å². The summed E-state index contributed by atoms with van der Waals surface area (Å²) in [5, 5.41) is 3.03. The molecular formula is C26H36N2O3. The molecule has 0 aliphatic heterocycles. The van der Waals surface area contributed by atoms with Crippen LogP contribution in [0.25, 0.3) is 0 Å². The van der Waals surface area contributed by atoms with E-state index < -0.39 is 6.04 Å². The molecule has 0 heterocycles. The van der Waals surface area contributed by atoms with Gasteiger partial charge in [-0.1, -0.05) is 49.7 Å². The number of nitrogens with zero attached hydrogens (tertiary/aromatic N) is 1. The van der Waals surface area contributed by atoms with E-state index in [-0.39, 0.29) is 24.5 Å². The SMILES string of the molecule is CC[C@@H](C)NC(=O)[C@@H](CC)N(Cc1cccc(C)c1)C(=O)COc1ccc(C)c(C)c1. The van der Waals surface area contributed by atoms with Crippen LogP contribution in [0, 0.1) is 20.8 Å². The molecule has 2 atom stereocenters. The van der Waals surface area contributed by atoms with Gasteiger partial charge in [0.2, 0.25) is 5.91 Å². The summed E-state index contributed by atoms with van der Waals surface area (Å²) in [5.74, 6) is 0.332. The van der Waals surface area contributed by atoms with E-state index in [2.05, 4.69) is 5.32 Å². The summed E-state index contributed by atoms with van der Waals surface area (Å²) < 4.78 is 5.80. The molecule has 0 radical (unpaired) electrons. The standard InChI is InChI=1S/C26H36N2O3/c1-7-21(6)27-26(30)24(8-2)28(16-22-11-9-10-18(3)14-22)25(29)17-31-23-13-12-19(4)20(5)15-23/h9-15,21,24H,7-8,16-17H2,1-6H3,(H,27,30)/t21-,24-/m1/s1. The molecule has 168 valence electrons. The monoisotopic (exact) mass is 424 g/mol. The number of hydrogen-bond acceptors (Lipinski definition) is 3. The van der Waals surface area contributed by atoms with Gasteiger partial charge in [0.25, 0.3) is 5.91 Å². The Morgan fingerprint density at radius 2 is 1.74 bits per heavy atom. The predicted octanol–water partition coefficient (Wildman–Crippen LogP) is 4.71. The Morgan fingerprint density at radius 1 is 1.00 bits per heavy atom. The molecule has 0 fully saturated rings. The van der Waals surface area contributed by atoms with Crippen LogP contribution in [-0.4, -0.2) is 35.4 Å². The highest BCUT2D eigenvalue weighted by Gasteiger charge is 2.29. The van der Waals surface area contributed by atoms with Crippen molar-refractivity contribution in [2.75, 3.05) is 6.61 Å². The van der Waals surface area contributed by atoms with E-state index in [1.165, 1.54) is 5.56 Å². The summed E-state index contributed by atoms with van der Waals surface area (Å²) in [6, 6.07) is 13.3. The van der Waals surface area contributed by atoms with Crippen molar-refractivity contribution in [3.05, 3.63) is 64.7 Å². The van der Waals surface area contributed by atoms with Crippen molar-refractivity contribution >= 4 is 11.8 Å². The lowest BCUT2D eigenvalue weighted by atomic mass is 10.1. The molecule has 0 saturated carbocycles. The number of carbonyl (C=O) groups excluding carboxylic acids is 2. The molecule has 31 heavy (non-hydrogen) atoms. The molecule has 0 unspecified atom stereocenters. The van der Waals surface area contributed by atoms with Gasteiger partial charge in [0, 0.05) is 12.6 Å². The summed E-state index contributed by atoms with van der Waals surface area (Å²) in [6.45, 7) is 12.3. The van der Waals surface area contributed by atoms with Crippen molar-refractivity contribution in [1.29, 1.82) is 0 Å². The first-order valence-corrected chi connectivity index (χ1v) is 11.1. The van der Waals surface area contributed by atoms with E-state index in [1.807, 2.05) is 84.0 Å². The predicted molar refractivity (Wildman–Crippen MR) is 125 cm³/mol. The van der Waals surface area contributed by atoms with Crippen LogP contribution in [0.1, 0.15) is 55.9 Å². The average molecular weight is 425 g/mol. The Balaban J connectivity index is 2.22. The van der Waals surface area contributed by atoms with E-state index in [4.69, 9.17) is 4.74 Å². The van der Waals surface area contributed by atoms with E-state index in [1.54, 1.807) is 4.90 Å². The first-order valence-electron chi connectivity index (χ1n) is 11.1. The van der Waals surface area contributed by atoms with Crippen LogP contribution in [0.4, 0.5) is 0 Å². The molecule has 2 rings (SSSR count). The Bertz CT molecular complexity index is 894. The minimum absolute atomic E-state index is 0.0595. The van der Waals surface area contributed by atoms with E-state index in [9.17, 15) is 9.59 Å². The third-order valence-corrected chi connectivity index (χ3v) is 5.66. The highest BCUT2D eigenvalue weighted by Crippen LogP contribution is 2.18. The van der Waals surface area contributed by atoms with Crippen LogP contribution >= 0.6 is 0 Å². The van der Waals surface area contributed by atoms with Gasteiger partial charge in [0.1, 0.15) is 11.8 Å². The molecule has 0 aliphatic carbocycles. The van der Waals surface area contributed by atoms with Crippen LogP contribution in [-0.2, 0) is 16.1 Å². The topological polar surface area (TPSA) is 58.6 Å². The van der Waals surface area contributed by atoms with Crippen LogP contribution < -0.4 is 10.1 Å². The zero-order chi connectivity index (χ0) is 23.0. The smallest absolute Gasteiger partial charge is 0.261 e. The number of carbonyl (C=O) groups is 2. The molecule has 0 bridgehead atoms. The summed E-state index contributed by atoms with van der Waals surface area (Å²) >= 11 is 0. The Morgan fingerprint density at radius 3 is 2.35 bits per heavy atom. The average Bonchev–Trinajstić information content (AvgIpc) is 2.74. The van der Waals surface area contributed by atoms with Gasteiger partial charge >= 0.3 is 0 Å². The fourth-order valence-corrected chi connectivity index (χ4v) is 3.40. The maximum atomic E-state index is 13.2. The molecule has 1 N–H and O–H groups in total. The van der Waals surface area contributed by atoms with Gasteiger partial charge in [-0.25, -0.2) is 0 Å². The molecule has 5 nitrogen and oxygen atoms in total. The van der Waals surface area contributed by atoms with Crippen molar-refractivity contribution in [2.45, 2.75) is 73.0 Å². The molecule has 5 heteroatoms. The third kappa shape index (κ3) is 7.12. The van der Waals surface area contributed by atoms with Crippen molar-refractivity contribution in [2.24, 2.45) is 0 Å². The minimum Gasteiger partial charge on any atom is -0.484 e. The Hall–Kier alpha value is -2.82. The number of ether oxygens (including phenoxy) is 1. The number of hydrogen-bond donors (Lipinski definition) is 1. The van der Waals surface area contributed by atoms with E-state index >= 15 is 0 Å². The zero-order valence-electron chi connectivity index (χ0n) is 19.7. The lowest BCUT2D eigenvalue weighted by Gasteiger charge is -2.31. The molecule has 2 aromatic carbocycles. The summed E-state index contributed by atoms with van der Waals surface area (Å²) in [6.07, 6.45) is 1.37. The highest BCUT2D eigenvalue weighted by molar-refractivity contribution is 5.88. The number of aryl methyl sites for hydroxylation is 3. The Labute approximate surface area is 186 Å². The number of rotatable bonds is 10. The highest BCUT2D eigenvalue weighted by atomic mass is 16.5. The van der Waals surface area contributed by atoms with Crippen molar-refractivity contribution in [3.8, 4) is 5.75 Å². The van der Waals surface area contributed by atoms with Gasteiger partial charge in [-0.15, -0.1) is 0 Å².